The molecule has 0 spiro atoms. The van der Waals surface area contributed by atoms with Gasteiger partial charge in [-0.1, -0.05) is 6.07 Å². The zero-order chi connectivity index (χ0) is 15.5. The normalized spacial score (nSPS) is 19.4. The molecule has 4 N–H and O–H groups in total. The van der Waals surface area contributed by atoms with Gasteiger partial charge < -0.3 is 20.4 Å². The summed E-state index contributed by atoms with van der Waals surface area (Å²) in [7, 11) is 0. The van der Waals surface area contributed by atoms with E-state index < -0.39 is 0 Å². The Morgan fingerprint density at radius 3 is 3.00 bits per heavy atom. The number of β-amino-alcohol motifs (C(OH)–C–C–N with tert-alkyl or cyclic N) is 1. The Kier molecular flexibility index (Phi) is 4.26. The Labute approximate surface area is 127 Å². The lowest BCUT2D eigenvalue weighted by Crippen LogP contribution is -2.44. The Morgan fingerprint density at radius 1 is 1.36 bits per heavy atom. The van der Waals surface area contributed by atoms with Crippen molar-refractivity contribution in [3.63, 3.8) is 0 Å². The first-order valence-corrected chi connectivity index (χ1v) is 7.48. The topological polar surface area (TPSA) is 101 Å². The monoisotopic (exact) mass is 304 g/mol. The molecule has 1 aliphatic heterocycles. The highest BCUT2D eigenvalue weighted by molar-refractivity contribution is 5.78. The van der Waals surface area contributed by atoms with Gasteiger partial charge in [-0.2, -0.15) is 0 Å². The molecule has 2 aromatic rings. The fourth-order valence-electron chi connectivity index (χ4n) is 2.82. The zero-order valence-corrected chi connectivity index (χ0v) is 12.3. The fraction of sp³-hybridized carbons (Fsp3) is 0.467. The molecule has 0 radical (unpaired) electrons. The molecule has 0 aliphatic carbocycles. The van der Waals surface area contributed by atoms with Crippen molar-refractivity contribution >= 4 is 16.9 Å². The van der Waals surface area contributed by atoms with E-state index in [0.29, 0.717) is 19.6 Å². The summed E-state index contributed by atoms with van der Waals surface area (Å²) >= 11 is 0. The molecule has 0 unspecified atom stereocenters. The maximum atomic E-state index is 12.0. The average Bonchev–Trinajstić information content (AvgIpc) is 2.84. The van der Waals surface area contributed by atoms with E-state index in [1.807, 2.05) is 23.1 Å². The number of amides is 1. The van der Waals surface area contributed by atoms with E-state index in [1.54, 1.807) is 0 Å². The summed E-state index contributed by atoms with van der Waals surface area (Å²) in [5, 5.41) is 12.5. The summed E-state index contributed by atoms with van der Waals surface area (Å²) in [4.78, 5) is 30.5. The fourth-order valence-corrected chi connectivity index (χ4v) is 2.82. The third-order valence-corrected chi connectivity index (χ3v) is 3.92. The van der Waals surface area contributed by atoms with E-state index in [0.717, 1.165) is 36.0 Å². The molecular weight excluding hydrogens is 284 g/mol. The molecule has 22 heavy (non-hydrogen) atoms. The second-order valence-corrected chi connectivity index (χ2v) is 5.77. The molecule has 1 aromatic carbocycles. The number of aromatic nitrogens is 2. The lowest BCUT2D eigenvalue weighted by molar-refractivity contribution is -0.123. The summed E-state index contributed by atoms with van der Waals surface area (Å²) in [6.45, 7) is 2.13. The number of benzene rings is 1. The van der Waals surface area contributed by atoms with Crippen molar-refractivity contribution in [3.05, 3.63) is 34.2 Å². The van der Waals surface area contributed by atoms with Gasteiger partial charge in [0.15, 0.2) is 0 Å². The number of hydrogen-bond acceptors (Lipinski definition) is 4. The summed E-state index contributed by atoms with van der Waals surface area (Å²) in [5.74, 6) is -0.0586. The van der Waals surface area contributed by atoms with E-state index >= 15 is 0 Å². The summed E-state index contributed by atoms with van der Waals surface area (Å²) in [5.41, 5.74) is 2.17. The van der Waals surface area contributed by atoms with Gasteiger partial charge in [0.05, 0.1) is 23.7 Å². The van der Waals surface area contributed by atoms with E-state index in [2.05, 4.69) is 15.3 Å². The second-order valence-electron chi connectivity index (χ2n) is 5.77. The molecule has 1 saturated heterocycles. The van der Waals surface area contributed by atoms with Crippen molar-refractivity contribution in [2.24, 2.45) is 0 Å². The number of aliphatic hydroxyl groups is 1. The number of carbonyl (C=O) groups excluding carboxylic acids is 1. The van der Waals surface area contributed by atoms with Crippen molar-refractivity contribution in [3.8, 4) is 0 Å². The van der Waals surface area contributed by atoms with Crippen LogP contribution in [0.25, 0.3) is 11.0 Å². The number of nitrogens with zero attached hydrogens (tertiary/aromatic N) is 1. The Morgan fingerprint density at radius 2 is 2.18 bits per heavy atom. The van der Waals surface area contributed by atoms with Gasteiger partial charge in [-0.05, 0) is 37.1 Å². The van der Waals surface area contributed by atoms with Gasteiger partial charge >= 0.3 is 5.69 Å². The summed E-state index contributed by atoms with van der Waals surface area (Å²) in [6.07, 6.45) is 1.41. The number of nitrogens with one attached hydrogen (secondary N) is 3. The van der Waals surface area contributed by atoms with E-state index in [9.17, 15) is 14.7 Å². The van der Waals surface area contributed by atoms with Crippen molar-refractivity contribution in [2.45, 2.75) is 25.5 Å². The molecule has 1 fully saturated rings. The first kappa shape index (κ1) is 14.8. The van der Waals surface area contributed by atoms with Gasteiger partial charge in [0.1, 0.15) is 0 Å². The highest BCUT2D eigenvalue weighted by Crippen LogP contribution is 2.11. The second kappa shape index (κ2) is 6.33. The molecule has 3 rings (SSSR count). The minimum atomic E-state index is -0.325. The lowest BCUT2D eigenvalue weighted by Gasteiger charge is -2.29. The van der Waals surface area contributed by atoms with E-state index in [-0.39, 0.29) is 17.7 Å². The number of hydrogen-bond donors (Lipinski definition) is 4. The average molecular weight is 304 g/mol. The molecule has 1 aliphatic rings. The van der Waals surface area contributed by atoms with Gasteiger partial charge in [0, 0.05) is 13.1 Å². The number of fused-ring (bicyclic) bond motifs is 1. The zero-order valence-electron chi connectivity index (χ0n) is 12.3. The number of aliphatic hydroxyl groups excluding tert-OH is 1. The van der Waals surface area contributed by atoms with Crippen LogP contribution in [0.15, 0.2) is 23.0 Å². The minimum Gasteiger partial charge on any atom is -0.392 e. The summed E-state index contributed by atoms with van der Waals surface area (Å²) < 4.78 is 0. The molecule has 1 amide bonds. The Bertz CT molecular complexity index is 721. The van der Waals surface area contributed by atoms with Crippen LogP contribution in [0.1, 0.15) is 18.4 Å². The predicted molar refractivity (Wildman–Crippen MR) is 82.4 cm³/mol. The summed E-state index contributed by atoms with van der Waals surface area (Å²) in [6, 6.07) is 5.53. The molecule has 118 valence electrons. The number of likely N-dealkylation sites (tertiary alicyclic amines) is 1. The minimum absolute atomic E-state index is 0.0586. The predicted octanol–water partition coefficient (Wildman–Crippen LogP) is -0.0709. The molecular formula is C15H20N4O3. The third kappa shape index (κ3) is 3.55. The number of aromatic amines is 2. The first-order chi connectivity index (χ1) is 10.6. The Hall–Kier alpha value is -2.12. The van der Waals surface area contributed by atoms with Crippen molar-refractivity contribution in [2.75, 3.05) is 19.6 Å². The van der Waals surface area contributed by atoms with Crippen LogP contribution in [-0.2, 0) is 11.3 Å². The van der Waals surface area contributed by atoms with E-state index in [1.165, 1.54) is 0 Å². The lowest BCUT2D eigenvalue weighted by atomic mass is 10.1. The van der Waals surface area contributed by atoms with Crippen LogP contribution in [0.2, 0.25) is 0 Å². The smallest absolute Gasteiger partial charge is 0.323 e. The first-order valence-electron chi connectivity index (χ1n) is 7.48. The maximum Gasteiger partial charge on any atom is 0.323 e. The van der Waals surface area contributed by atoms with Crippen LogP contribution in [0.4, 0.5) is 0 Å². The van der Waals surface area contributed by atoms with Gasteiger partial charge in [-0.3, -0.25) is 9.69 Å². The maximum absolute atomic E-state index is 12.0. The number of carbonyl (C=O) groups is 1. The van der Waals surface area contributed by atoms with Crippen LogP contribution >= 0.6 is 0 Å². The standard InChI is InChI=1S/C15H20N4O3/c20-11-2-1-5-19(8-11)9-14(21)16-7-10-3-4-12-13(6-10)18-15(22)17-12/h3-4,6,11,20H,1-2,5,7-9H2,(H,16,21)(H2,17,18,22)/t11-/m1/s1. The number of piperidine rings is 1. The number of rotatable bonds is 4. The van der Waals surface area contributed by atoms with Crippen LogP contribution in [-0.4, -0.2) is 51.6 Å². The highest BCUT2D eigenvalue weighted by atomic mass is 16.3. The number of imidazole rings is 1. The van der Waals surface area contributed by atoms with Gasteiger partial charge in [0.2, 0.25) is 5.91 Å². The molecule has 0 saturated carbocycles. The molecule has 1 atom stereocenters. The highest BCUT2D eigenvalue weighted by Gasteiger charge is 2.19. The third-order valence-electron chi connectivity index (χ3n) is 3.92. The van der Waals surface area contributed by atoms with E-state index in [4.69, 9.17) is 0 Å². The molecule has 7 heteroatoms. The largest absolute Gasteiger partial charge is 0.392 e. The van der Waals surface area contributed by atoms with Crippen LogP contribution in [0.3, 0.4) is 0 Å². The van der Waals surface area contributed by atoms with Crippen LogP contribution < -0.4 is 11.0 Å². The molecule has 1 aromatic heterocycles. The molecule has 2 heterocycles. The molecule has 7 nitrogen and oxygen atoms in total. The van der Waals surface area contributed by atoms with Gasteiger partial charge in [-0.15, -0.1) is 0 Å². The molecule has 0 bridgehead atoms. The van der Waals surface area contributed by atoms with Gasteiger partial charge in [-0.25, -0.2) is 4.79 Å². The van der Waals surface area contributed by atoms with Crippen LogP contribution in [0.5, 0.6) is 0 Å². The van der Waals surface area contributed by atoms with Crippen molar-refractivity contribution < 1.29 is 9.90 Å². The van der Waals surface area contributed by atoms with Crippen molar-refractivity contribution in [1.82, 2.24) is 20.2 Å². The Balaban J connectivity index is 1.54. The van der Waals surface area contributed by atoms with Crippen molar-refractivity contribution in [1.29, 1.82) is 0 Å². The van der Waals surface area contributed by atoms with Crippen LogP contribution in [0, 0.1) is 0 Å². The van der Waals surface area contributed by atoms with Gasteiger partial charge in [0.25, 0.3) is 0 Å². The SMILES string of the molecule is O=C(CN1CCC[C@@H](O)C1)NCc1ccc2[nH]c(=O)[nH]c2c1. The quantitative estimate of drug-likeness (QED) is 0.635. The number of H-pyrrole nitrogens is 2.